The van der Waals surface area contributed by atoms with E-state index in [1.54, 1.807) is 0 Å². The lowest BCUT2D eigenvalue weighted by Gasteiger charge is -2.17. The first kappa shape index (κ1) is 15.1. The van der Waals surface area contributed by atoms with Gasteiger partial charge in [0.15, 0.2) is 0 Å². The molecule has 120 valence electrons. The van der Waals surface area contributed by atoms with Crippen molar-refractivity contribution < 1.29 is 4.42 Å². The number of nitrogens with zero attached hydrogens (tertiary/aromatic N) is 1. The molecule has 0 atom stereocenters. The van der Waals surface area contributed by atoms with Gasteiger partial charge < -0.3 is 9.32 Å². The molecular formula is C20H17NO2S. The third-order valence-corrected chi connectivity index (χ3v) is 4.93. The molecule has 1 fully saturated rings. The molecule has 1 aromatic heterocycles. The Morgan fingerprint density at radius 1 is 1.00 bits per heavy atom. The Balaban J connectivity index is 1.76. The van der Waals surface area contributed by atoms with Crippen molar-refractivity contribution in [1.82, 2.24) is 0 Å². The van der Waals surface area contributed by atoms with Crippen LogP contribution in [-0.2, 0) is 0 Å². The molecule has 0 radical (unpaired) electrons. The van der Waals surface area contributed by atoms with E-state index in [0.29, 0.717) is 16.0 Å². The van der Waals surface area contributed by atoms with E-state index in [0.717, 1.165) is 29.7 Å². The summed E-state index contributed by atoms with van der Waals surface area (Å²) in [4.78, 5) is 15.3. The topological polar surface area (TPSA) is 33.5 Å². The van der Waals surface area contributed by atoms with Crippen LogP contribution in [0, 0.1) is 0 Å². The Morgan fingerprint density at radius 2 is 1.75 bits per heavy atom. The summed E-state index contributed by atoms with van der Waals surface area (Å²) in [5, 5.41) is 0.894. The van der Waals surface area contributed by atoms with E-state index in [1.165, 1.54) is 12.8 Å². The second-order valence-electron chi connectivity index (χ2n) is 6.06. The van der Waals surface area contributed by atoms with E-state index < -0.39 is 0 Å². The highest BCUT2D eigenvalue weighted by Crippen LogP contribution is 2.25. The van der Waals surface area contributed by atoms with Gasteiger partial charge >= 0.3 is 5.63 Å². The average Bonchev–Trinajstić information content (AvgIpc) is 3.15. The van der Waals surface area contributed by atoms with E-state index in [1.807, 2.05) is 48.5 Å². The number of rotatable bonds is 3. The Morgan fingerprint density at radius 3 is 2.50 bits per heavy atom. The van der Waals surface area contributed by atoms with Crippen LogP contribution in [0.25, 0.3) is 11.0 Å². The number of fused-ring (bicyclic) bond motifs is 1. The monoisotopic (exact) mass is 335 g/mol. The smallest absolute Gasteiger partial charge is 0.345 e. The summed E-state index contributed by atoms with van der Waals surface area (Å²) < 4.78 is 5.57. The lowest BCUT2D eigenvalue weighted by atomic mass is 10.0. The third kappa shape index (κ3) is 2.74. The van der Waals surface area contributed by atoms with E-state index in [9.17, 15) is 4.79 Å². The van der Waals surface area contributed by atoms with Gasteiger partial charge in [-0.25, -0.2) is 4.79 Å². The second kappa shape index (κ2) is 6.21. The van der Waals surface area contributed by atoms with Crippen molar-refractivity contribution in [3.05, 3.63) is 76.1 Å². The fraction of sp³-hybridized carbons (Fsp3) is 0.200. The van der Waals surface area contributed by atoms with E-state index in [4.69, 9.17) is 16.6 Å². The van der Waals surface area contributed by atoms with Gasteiger partial charge in [-0.1, -0.05) is 42.5 Å². The standard InChI is InChI=1S/C20H17NO2S/c22-20-17(19(24)14-6-2-1-3-7-14)12-15-8-9-16(13-18(15)23-20)21-10-4-5-11-21/h1-3,6-9,12-13H,4-5,10-11H2. The first-order valence-corrected chi connectivity index (χ1v) is 8.56. The molecule has 24 heavy (non-hydrogen) atoms. The molecule has 0 amide bonds. The zero-order chi connectivity index (χ0) is 16.5. The minimum Gasteiger partial charge on any atom is -0.422 e. The number of benzene rings is 2. The maximum Gasteiger partial charge on any atom is 0.345 e. The Hall–Kier alpha value is -2.46. The number of anilines is 1. The summed E-state index contributed by atoms with van der Waals surface area (Å²) in [5.41, 5.74) is 2.64. The molecule has 3 nitrogen and oxygen atoms in total. The molecular weight excluding hydrogens is 318 g/mol. The fourth-order valence-electron chi connectivity index (χ4n) is 3.18. The largest absolute Gasteiger partial charge is 0.422 e. The van der Waals surface area contributed by atoms with Crippen LogP contribution in [0.2, 0.25) is 0 Å². The van der Waals surface area contributed by atoms with Gasteiger partial charge in [-0.3, -0.25) is 0 Å². The molecule has 0 N–H and O–H groups in total. The number of thiocarbonyl (C=S) groups is 1. The third-order valence-electron chi connectivity index (χ3n) is 4.47. The average molecular weight is 335 g/mol. The zero-order valence-electron chi connectivity index (χ0n) is 13.2. The molecule has 1 aliphatic rings. The predicted molar refractivity (Wildman–Crippen MR) is 101 cm³/mol. The van der Waals surface area contributed by atoms with Gasteiger partial charge in [-0.05, 0) is 36.6 Å². The number of hydrogen-bond acceptors (Lipinski definition) is 4. The second-order valence-corrected chi connectivity index (χ2v) is 6.47. The molecule has 0 aliphatic carbocycles. The van der Waals surface area contributed by atoms with Crippen molar-refractivity contribution in [2.75, 3.05) is 18.0 Å². The molecule has 0 unspecified atom stereocenters. The van der Waals surface area contributed by atoms with Crippen LogP contribution < -0.4 is 10.5 Å². The molecule has 1 saturated heterocycles. The zero-order valence-corrected chi connectivity index (χ0v) is 14.0. The lowest BCUT2D eigenvalue weighted by molar-refractivity contribution is 0.559. The Bertz CT molecular complexity index is 956. The summed E-state index contributed by atoms with van der Waals surface area (Å²) in [6.07, 6.45) is 2.43. The molecule has 4 heteroatoms. The van der Waals surface area contributed by atoms with Gasteiger partial charge in [0, 0.05) is 30.2 Å². The minimum absolute atomic E-state index is 0.380. The fourth-order valence-corrected chi connectivity index (χ4v) is 3.45. The quantitative estimate of drug-likeness (QED) is 0.409. The maximum absolute atomic E-state index is 12.4. The first-order valence-electron chi connectivity index (χ1n) is 8.15. The highest BCUT2D eigenvalue weighted by atomic mass is 32.1. The Labute approximate surface area is 145 Å². The van der Waals surface area contributed by atoms with Gasteiger partial charge in [0.2, 0.25) is 0 Å². The Kier molecular flexibility index (Phi) is 3.90. The summed E-state index contributed by atoms with van der Waals surface area (Å²) in [6, 6.07) is 17.4. The van der Waals surface area contributed by atoms with Crippen LogP contribution in [-0.4, -0.2) is 18.0 Å². The molecule has 4 rings (SSSR count). The van der Waals surface area contributed by atoms with Gasteiger partial charge in [-0.15, -0.1) is 0 Å². The number of hydrogen-bond donors (Lipinski definition) is 0. The van der Waals surface area contributed by atoms with Crippen molar-refractivity contribution in [1.29, 1.82) is 0 Å². The van der Waals surface area contributed by atoms with E-state index >= 15 is 0 Å². The lowest BCUT2D eigenvalue weighted by Crippen LogP contribution is -2.17. The van der Waals surface area contributed by atoms with E-state index in [2.05, 4.69) is 11.0 Å². The van der Waals surface area contributed by atoms with Gasteiger partial charge in [-0.2, -0.15) is 0 Å². The normalized spacial score (nSPS) is 14.2. The van der Waals surface area contributed by atoms with Crippen molar-refractivity contribution in [3.63, 3.8) is 0 Å². The predicted octanol–water partition coefficient (Wildman–Crippen LogP) is 4.16. The van der Waals surface area contributed by atoms with Crippen molar-refractivity contribution in [2.45, 2.75) is 12.8 Å². The molecule has 3 aromatic rings. The van der Waals surface area contributed by atoms with E-state index in [-0.39, 0.29) is 5.63 Å². The van der Waals surface area contributed by atoms with Crippen LogP contribution >= 0.6 is 12.2 Å². The maximum atomic E-state index is 12.4. The van der Waals surface area contributed by atoms with Crippen LogP contribution in [0.1, 0.15) is 24.0 Å². The summed E-state index contributed by atoms with van der Waals surface area (Å²) in [6.45, 7) is 2.12. The van der Waals surface area contributed by atoms with Crippen LogP contribution in [0.4, 0.5) is 5.69 Å². The van der Waals surface area contributed by atoms with Gasteiger partial charge in [0.1, 0.15) is 5.58 Å². The molecule has 0 bridgehead atoms. The minimum atomic E-state index is -0.380. The molecule has 0 saturated carbocycles. The van der Waals surface area contributed by atoms with Crippen LogP contribution in [0.15, 0.2) is 63.8 Å². The van der Waals surface area contributed by atoms with Gasteiger partial charge in [0.05, 0.1) is 10.4 Å². The first-order chi connectivity index (χ1) is 11.7. The molecule has 0 spiro atoms. The summed E-state index contributed by atoms with van der Waals surface area (Å²) in [5.74, 6) is 0. The molecule has 2 heterocycles. The van der Waals surface area contributed by atoms with Crippen LogP contribution in [0.3, 0.4) is 0 Å². The highest BCUT2D eigenvalue weighted by Gasteiger charge is 2.15. The molecule has 2 aromatic carbocycles. The highest BCUT2D eigenvalue weighted by molar-refractivity contribution is 7.81. The SMILES string of the molecule is O=c1oc2cc(N3CCCC3)ccc2cc1C(=S)c1ccccc1. The summed E-state index contributed by atoms with van der Waals surface area (Å²) >= 11 is 5.48. The van der Waals surface area contributed by atoms with Crippen LogP contribution in [0.5, 0.6) is 0 Å². The summed E-state index contributed by atoms with van der Waals surface area (Å²) in [7, 11) is 0. The van der Waals surface area contributed by atoms with Crippen molar-refractivity contribution in [2.24, 2.45) is 0 Å². The van der Waals surface area contributed by atoms with Crippen molar-refractivity contribution >= 4 is 33.7 Å². The molecule has 1 aliphatic heterocycles. The van der Waals surface area contributed by atoms with Crippen molar-refractivity contribution in [3.8, 4) is 0 Å². The van der Waals surface area contributed by atoms with Gasteiger partial charge in [0.25, 0.3) is 0 Å².